The van der Waals surface area contributed by atoms with Gasteiger partial charge in [0.25, 0.3) is 0 Å². The van der Waals surface area contributed by atoms with Gasteiger partial charge in [-0.3, -0.25) is 4.55 Å². The Kier molecular flexibility index (Phi) is 6.30. The lowest BCUT2D eigenvalue weighted by atomic mass is 9.82. The van der Waals surface area contributed by atoms with Crippen LogP contribution in [0.3, 0.4) is 0 Å². The lowest BCUT2D eigenvalue weighted by molar-refractivity contribution is -0.599. The van der Waals surface area contributed by atoms with Gasteiger partial charge in [-0.05, 0) is 60.0 Å². The van der Waals surface area contributed by atoms with Gasteiger partial charge in [-0.25, -0.2) is 8.42 Å². The van der Waals surface area contributed by atoms with E-state index in [2.05, 4.69) is 24.5 Å². The molecule has 0 radical (unpaired) electrons. The second kappa shape index (κ2) is 8.67. The molecule has 0 amide bonds. The summed E-state index contributed by atoms with van der Waals surface area (Å²) in [5.41, 5.74) is 5.70. The van der Waals surface area contributed by atoms with Gasteiger partial charge >= 0.3 is 9.15 Å². The van der Waals surface area contributed by atoms with Gasteiger partial charge in [0.1, 0.15) is 0 Å². The summed E-state index contributed by atoms with van der Waals surface area (Å²) >= 11 is 0. The van der Waals surface area contributed by atoms with Crippen molar-refractivity contribution in [3.8, 4) is 16.8 Å². The van der Waals surface area contributed by atoms with E-state index in [0.717, 1.165) is 33.8 Å². The van der Waals surface area contributed by atoms with E-state index < -0.39 is 19.0 Å². The van der Waals surface area contributed by atoms with Crippen LogP contribution in [-0.2, 0) is 24.4 Å². The van der Waals surface area contributed by atoms with Gasteiger partial charge in [-0.15, -0.1) is 0 Å². The largest absolute Gasteiger partial charge is 0.374 e. The van der Waals surface area contributed by atoms with Crippen LogP contribution < -0.4 is 9.47 Å². The molecule has 0 saturated carbocycles. The van der Waals surface area contributed by atoms with Crippen LogP contribution >= 0.6 is 10.8 Å². The third kappa shape index (κ3) is 4.86. The number of hydrogen-bond donors (Lipinski definition) is 1. The normalized spacial score (nSPS) is 14.5. The first-order valence-electron chi connectivity index (χ1n) is 10.6. The number of aromatic nitrogens is 1. The number of fused-ring (bicyclic) bond motifs is 3. The molecule has 0 aliphatic carbocycles. The molecule has 4 rings (SSSR count). The van der Waals surface area contributed by atoms with E-state index in [9.17, 15) is 16.8 Å². The molecule has 7 nitrogen and oxygen atoms in total. The number of sulfone groups is 1. The maximum Gasteiger partial charge on any atom is 0.319 e. The fourth-order valence-electron chi connectivity index (χ4n) is 4.28. The van der Waals surface area contributed by atoms with E-state index in [1.54, 1.807) is 12.1 Å². The Morgan fingerprint density at radius 2 is 1.65 bits per heavy atom. The number of pyridine rings is 1. The zero-order valence-electron chi connectivity index (χ0n) is 19.4. The molecular formula is C24H27N2O5S3+. The van der Waals surface area contributed by atoms with Gasteiger partial charge in [0.2, 0.25) is 5.69 Å². The quantitative estimate of drug-likeness (QED) is 0.289. The summed E-state index contributed by atoms with van der Waals surface area (Å²) in [4.78, 5) is 2.25. The second-order valence-electron chi connectivity index (χ2n) is 8.96. The first kappa shape index (κ1) is 24.7. The van der Waals surface area contributed by atoms with Gasteiger partial charge < -0.3 is 4.90 Å². The van der Waals surface area contributed by atoms with E-state index in [4.69, 9.17) is 4.55 Å². The van der Waals surface area contributed by atoms with Crippen molar-refractivity contribution in [3.05, 3.63) is 72.1 Å². The molecule has 0 saturated heterocycles. The maximum atomic E-state index is 12.1. The Hall–Kier alpha value is -2.40. The van der Waals surface area contributed by atoms with Crippen molar-refractivity contribution in [2.24, 2.45) is 0 Å². The number of benzene rings is 2. The van der Waals surface area contributed by atoms with Crippen LogP contribution in [0, 0.1) is 0 Å². The van der Waals surface area contributed by atoms with Crippen molar-refractivity contribution in [1.29, 1.82) is 0 Å². The molecule has 180 valence electrons. The lowest BCUT2D eigenvalue weighted by Crippen LogP contribution is -2.34. The molecule has 0 fully saturated rings. The summed E-state index contributed by atoms with van der Waals surface area (Å²) < 4.78 is 56.9. The van der Waals surface area contributed by atoms with Crippen molar-refractivity contribution in [2.75, 3.05) is 30.5 Å². The topological polar surface area (TPSA) is 95.6 Å². The summed E-state index contributed by atoms with van der Waals surface area (Å²) in [7, 11) is -4.94. The third-order valence-corrected chi connectivity index (χ3v) is 9.38. The zero-order valence-corrected chi connectivity index (χ0v) is 21.8. The van der Waals surface area contributed by atoms with Crippen molar-refractivity contribution in [1.82, 2.24) is 0 Å². The molecule has 1 aliphatic heterocycles. The van der Waals surface area contributed by atoms with Crippen LogP contribution in [0.5, 0.6) is 0 Å². The minimum atomic E-state index is -4.03. The molecule has 34 heavy (non-hydrogen) atoms. The molecule has 3 aromatic rings. The van der Waals surface area contributed by atoms with Crippen LogP contribution in [0.4, 0.5) is 5.69 Å². The van der Waals surface area contributed by atoms with Crippen LogP contribution in [-0.4, -0.2) is 47.0 Å². The average molecular weight is 520 g/mol. The summed E-state index contributed by atoms with van der Waals surface area (Å²) in [5.74, 6) is 0.260. The minimum Gasteiger partial charge on any atom is -0.374 e. The molecule has 10 heteroatoms. The molecule has 1 aliphatic rings. The Labute approximate surface area is 204 Å². The standard InChI is InChI=1S/C24H26N2O5S3/c1-24(2)21-16-20(33(4,27)28)9-10-22(21)26-12-11-18(15-23(24)26)17-5-7-19(8-6-17)25(3)13-14-32-34(29,30)31/h5-12,15-16H,13-14H2,1-4H3/p+1. The highest BCUT2D eigenvalue weighted by molar-refractivity contribution is 8.69. The number of anilines is 1. The highest BCUT2D eigenvalue weighted by Gasteiger charge is 2.44. The number of nitrogens with zero attached hydrogens (tertiary/aromatic N) is 2. The average Bonchev–Trinajstić information content (AvgIpc) is 2.98. The molecule has 0 spiro atoms. The third-order valence-electron chi connectivity index (χ3n) is 6.22. The van der Waals surface area contributed by atoms with Gasteiger partial charge in [0.15, 0.2) is 21.7 Å². The summed E-state index contributed by atoms with van der Waals surface area (Å²) in [5, 5.41) is 0. The van der Waals surface area contributed by atoms with Crippen molar-refractivity contribution in [3.63, 3.8) is 0 Å². The fraction of sp³-hybridized carbons (Fsp3) is 0.292. The molecule has 0 atom stereocenters. The Morgan fingerprint density at radius 3 is 2.26 bits per heavy atom. The summed E-state index contributed by atoms with van der Waals surface area (Å²) in [6.45, 7) is 4.67. The van der Waals surface area contributed by atoms with Crippen LogP contribution in [0.25, 0.3) is 16.8 Å². The molecule has 0 bridgehead atoms. The summed E-state index contributed by atoms with van der Waals surface area (Å²) in [6, 6.07) is 17.5. The summed E-state index contributed by atoms with van der Waals surface area (Å²) in [6.07, 6.45) is 3.24. The maximum absolute atomic E-state index is 12.1. The molecule has 0 unspecified atom stereocenters. The first-order valence-corrected chi connectivity index (χ1v) is 15.5. The monoisotopic (exact) mass is 519 g/mol. The number of rotatable bonds is 7. The predicted molar refractivity (Wildman–Crippen MR) is 136 cm³/mol. The smallest absolute Gasteiger partial charge is 0.319 e. The fourth-order valence-corrected chi connectivity index (χ4v) is 6.34. The van der Waals surface area contributed by atoms with Crippen LogP contribution in [0.15, 0.2) is 65.7 Å². The highest BCUT2D eigenvalue weighted by Crippen LogP contribution is 2.40. The Bertz CT molecular complexity index is 1460. The van der Waals surface area contributed by atoms with Crippen LogP contribution in [0.2, 0.25) is 0 Å². The van der Waals surface area contributed by atoms with Gasteiger partial charge in [-0.1, -0.05) is 12.1 Å². The van der Waals surface area contributed by atoms with Crippen molar-refractivity contribution >= 4 is 35.5 Å². The zero-order chi connectivity index (χ0) is 24.9. The van der Waals surface area contributed by atoms with E-state index in [1.807, 2.05) is 54.5 Å². The van der Waals surface area contributed by atoms with Gasteiger partial charge in [0, 0.05) is 55.1 Å². The molecule has 1 aromatic heterocycles. The number of hydrogen-bond acceptors (Lipinski definition) is 6. The van der Waals surface area contributed by atoms with E-state index in [1.165, 1.54) is 6.26 Å². The van der Waals surface area contributed by atoms with Crippen molar-refractivity contribution in [2.45, 2.75) is 24.2 Å². The highest BCUT2D eigenvalue weighted by atomic mass is 33.1. The second-order valence-corrected chi connectivity index (χ2v) is 14.5. The van der Waals surface area contributed by atoms with E-state index in [0.29, 0.717) is 22.2 Å². The van der Waals surface area contributed by atoms with Gasteiger partial charge in [-0.2, -0.15) is 13.0 Å². The van der Waals surface area contributed by atoms with E-state index >= 15 is 0 Å². The first-order chi connectivity index (χ1) is 15.8. The molecule has 1 N–H and O–H groups in total. The van der Waals surface area contributed by atoms with Crippen LogP contribution in [0.1, 0.15) is 25.1 Å². The molecule has 2 heterocycles. The SMILES string of the molecule is CN(CCSS(=O)(=O)O)c1ccc(-c2cc[n+]3c(c2)C(C)(C)c2cc(S(C)(=O)=O)ccc2-3)cc1. The van der Waals surface area contributed by atoms with Crippen molar-refractivity contribution < 1.29 is 26.0 Å². The lowest BCUT2D eigenvalue weighted by Gasteiger charge is -2.19. The molecule has 2 aromatic carbocycles. The minimum absolute atomic E-state index is 0.260. The predicted octanol–water partition coefficient (Wildman–Crippen LogP) is 3.65. The Balaban J connectivity index is 1.60. The Morgan fingerprint density at radius 1 is 0.971 bits per heavy atom. The molecular weight excluding hydrogens is 492 g/mol. The van der Waals surface area contributed by atoms with Gasteiger partial charge in [0.05, 0.1) is 10.3 Å². The van der Waals surface area contributed by atoms with E-state index in [-0.39, 0.29) is 11.2 Å².